The van der Waals surface area contributed by atoms with Crippen LogP contribution in [-0.4, -0.2) is 31.5 Å². The maximum atomic E-state index is 13.0. The molecule has 0 saturated heterocycles. The van der Waals surface area contributed by atoms with Crippen LogP contribution in [0.2, 0.25) is 0 Å². The molecule has 9 heteroatoms. The first-order valence-corrected chi connectivity index (χ1v) is 11.0. The third kappa shape index (κ3) is 5.32. The Balaban J connectivity index is 2.46. The van der Waals surface area contributed by atoms with Gasteiger partial charge in [-0.2, -0.15) is 0 Å². The fourth-order valence-corrected chi connectivity index (χ4v) is 4.34. The van der Waals surface area contributed by atoms with Crippen molar-refractivity contribution in [3.8, 4) is 0 Å². The van der Waals surface area contributed by atoms with Crippen molar-refractivity contribution in [3.63, 3.8) is 0 Å². The summed E-state index contributed by atoms with van der Waals surface area (Å²) in [7, 11) is -3.89. The first kappa shape index (κ1) is 22.4. The average Bonchev–Trinajstić information content (AvgIpc) is 2.65. The van der Waals surface area contributed by atoms with E-state index in [1.54, 1.807) is 19.1 Å². The first-order chi connectivity index (χ1) is 13.6. The molecule has 0 radical (unpaired) electrons. The molecule has 1 atom stereocenters. The number of nitrogens with zero attached hydrogens (tertiary/aromatic N) is 2. The number of hydrogen-bond donors (Lipinski definition) is 1. The number of amides is 1. The number of non-ortho nitro benzene ring substituents is 1. The molecule has 0 aliphatic heterocycles. The van der Waals surface area contributed by atoms with E-state index in [0.29, 0.717) is 5.69 Å². The standard InChI is InChI=1S/C20H25N3O5S/c1-5-19(20(24)21-18-12-7-6-11-17(18)14(2)3)22(29(4,27)28)15-9-8-10-16(13-15)23(25)26/h6-14,19H,5H2,1-4H3,(H,21,24)/t19-/m1/s1. The molecule has 0 aliphatic carbocycles. The van der Waals surface area contributed by atoms with Crippen LogP contribution in [0.4, 0.5) is 17.1 Å². The van der Waals surface area contributed by atoms with Gasteiger partial charge < -0.3 is 5.32 Å². The fraction of sp³-hybridized carbons (Fsp3) is 0.350. The smallest absolute Gasteiger partial charge is 0.271 e. The number of nitro groups is 1. The van der Waals surface area contributed by atoms with Gasteiger partial charge in [-0.05, 0) is 30.0 Å². The molecule has 0 aliphatic rings. The van der Waals surface area contributed by atoms with Crippen LogP contribution in [0.25, 0.3) is 0 Å². The Labute approximate surface area is 170 Å². The SMILES string of the molecule is CC[C@H](C(=O)Nc1ccccc1C(C)C)N(c1cccc([N+](=O)[O-])c1)S(C)(=O)=O. The maximum Gasteiger partial charge on any atom is 0.271 e. The predicted octanol–water partition coefficient (Wildman–Crippen LogP) is 3.90. The zero-order chi connectivity index (χ0) is 21.8. The lowest BCUT2D eigenvalue weighted by Crippen LogP contribution is -2.47. The monoisotopic (exact) mass is 419 g/mol. The van der Waals surface area contributed by atoms with Gasteiger partial charge in [-0.3, -0.25) is 19.2 Å². The molecule has 0 bridgehead atoms. The van der Waals surface area contributed by atoms with Gasteiger partial charge in [0.05, 0.1) is 16.9 Å². The molecule has 2 aromatic rings. The van der Waals surface area contributed by atoms with Crippen LogP contribution in [0.15, 0.2) is 48.5 Å². The number of sulfonamides is 1. The summed E-state index contributed by atoms with van der Waals surface area (Å²) in [5.74, 6) is -0.341. The van der Waals surface area contributed by atoms with E-state index in [4.69, 9.17) is 0 Å². The summed E-state index contributed by atoms with van der Waals surface area (Å²) in [6.45, 7) is 5.68. The number of carbonyl (C=O) groups is 1. The van der Waals surface area contributed by atoms with E-state index in [1.807, 2.05) is 26.0 Å². The van der Waals surface area contributed by atoms with Crippen molar-refractivity contribution in [1.82, 2.24) is 0 Å². The van der Waals surface area contributed by atoms with Crippen molar-refractivity contribution in [2.45, 2.75) is 39.2 Å². The Hall–Kier alpha value is -2.94. The minimum atomic E-state index is -3.89. The highest BCUT2D eigenvalue weighted by Crippen LogP contribution is 2.28. The Morgan fingerprint density at radius 1 is 1.17 bits per heavy atom. The summed E-state index contributed by atoms with van der Waals surface area (Å²) < 4.78 is 26.0. The van der Waals surface area contributed by atoms with E-state index in [9.17, 15) is 23.3 Å². The summed E-state index contributed by atoms with van der Waals surface area (Å²) in [6.07, 6.45) is 1.16. The predicted molar refractivity (Wildman–Crippen MR) is 114 cm³/mol. The summed E-state index contributed by atoms with van der Waals surface area (Å²) in [5.41, 5.74) is 1.35. The van der Waals surface area contributed by atoms with E-state index >= 15 is 0 Å². The molecule has 156 valence electrons. The number of carbonyl (C=O) groups excluding carboxylic acids is 1. The summed E-state index contributed by atoms with van der Waals surface area (Å²) in [6, 6.07) is 11.5. The van der Waals surface area contributed by atoms with Crippen LogP contribution in [-0.2, 0) is 14.8 Å². The van der Waals surface area contributed by atoms with Crippen LogP contribution >= 0.6 is 0 Å². The first-order valence-electron chi connectivity index (χ1n) is 9.19. The molecule has 1 amide bonds. The zero-order valence-electron chi connectivity index (χ0n) is 16.8. The number of hydrogen-bond acceptors (Lipinski definition) is 5. The molecule has 2 rings (SSSR count). The molecular weight excluding hydrogens is 394 g/mol. The Morgan fingerprint density at radius 2 is 1.83 bits per heavy atom. The van der Waals surface area contributed by atoms with Gasteiger partial charge in [0.15, 0.2) is 0 Å². The molecule has 0 unspecified atom stereocenters. The van der Waals surface area contributed by atoms with Crippen molar-refractivity contribution in [1.29, 1.82) is 0 Å². The molecule has 1 N–H and O–H groups in total. The van der Waals surface area contributed by atoms with Crippen molar-refractivity contribution in [2.75, 3.05) is 15.9 Å². The number of benzene rings is 2. The summed E-state index contributed by atoms with van der Waals surface area (Å²) >= 11 is 0. The van der Waals surface area contributed by atoms with E-state index < -0.39 is 26.9 Å². The fourth-order valence-electron chi connectivity index (χ4n) is 3.13. The van der Waals surface area contributed by atoms with Gasteiger partial charge in [-0.1, -0.05) is 45.0 Å². The number of anilines is 2. The van der Waals surface area contributed by atoms with Gasteiger partial charge in [0, 0.05) is 17.8 Å². The molecule has 29 heavy (non-hydrogen) atoms. The van der Waals surface area contributed by atoms with Gasteiger partial charge in [0.2, 0.25) is 15.9 Å². The zero-order valence-corrected chi connectivity index (χ0v) is 17.6. The van der Waals surface area contributed by atoms with Gasteiger partial charge in [0.1, 0.15) is 6.04 Å². The van der Waals surface area contributed by atoms with Gasteiger partial charge in [-0.25, -0.2) is 8.42 Å². The Kier molecular flexibility index (Phi) is 6.97. The number of para-hydroxylation sites is 1. The molecular formula is C20H25N3O5S. The third-order valence-corrected chi connectivity index (χ3v) is 5.65. The molecule has 0 spiro atoms. The van der Waals surface area contributed by atoms with E-state index in [-0.39, 0.29) is 23.7 Å². The highest BCUT2D eigenvalue weighted by Gasteiger charge is 2.32. The summed E-state index contributed by atoms with van der Waals surface area (Å²) in [4.78, 5) is 23.5. The maximum absolute atomic E-state index is 13.0. The minimum Gasteiger partial charge on any atom is -0.324 e. The third-order valence-electron chi connectivity index (χ3n) is 4.47. The minimum absolute atomic E-state index is 0.0702. The van der Waals surface area contributed by atoms with Crippen LogP contribution < -0.4 is 9.62 Å². The van der Waals surface area contributed by atoms with Gasteiger partial charge in [0.25, 0.3) is 5.69 Å². The van der Waals surface area contributed by atoms with Crippen molar-refractivity contribution in [3.05, 3.63) is 64.2 Å². The van der Waals surface area contributed by atoms with Crippen LogP contribution in [0.3, 0.4) is 0 Å². The average molecular weight is 420 g/mol. The highest BCUT2D eigenvalue weighted by molar-refractivity contribution is 7.92. The quantitative estimate of drug-likeness (QED) is 0.515. The van der Waals surface area contributed by atoms with E-state index in [1.165, 1.54) is 18.2 Å². The summed E-state index contributed by atoms with van der Waals surface area (Å²) in [5, 5.41) is 13.9. The second-order valence-electron chi connectivity index (χ2n) is 6.99. The van der Waals surface area contributed by atoms with E-state index in [0.717, 1.165) is 22.2 Å². The Bertz CT molecular complexity index is 1000. The molecule has 0 aromatic heterocycles. The van der Waals surface area contributed by atoms with Crippen LogP contribution in [0.5, 0.6) is 0 Å². The Morgan fingerprint density at radius 3 is 2.38 bits per heavy atom. The number of nitro benzene ring substituents is 1. The molecule has 0 fully saturated rings. The van der Waals surface area contributed by atoms with Crippen molar-refractivity contribution in [2.24, 2.45) is 0 Å². The highest BCUT2D eigenvalue weighted by atomic mass is 32.2. The van der Waals surface area contributed by atoms with Gasteiger partial charge in [-0.15, -0.1) is 0 Å². The van der Waals surface area contributed by atoms with Crippen molar-refractivity contribution >= 4 is 33.0 Å². The molecule has 2 aromatic carbocycles. The van der Waals surface area contributed by atoms with Crippen LogP contribution in [0, 0.1) is 10.1 Å². The second kappa shape index (κ2) is 9.04. The van der Waals surface area contributed by atoms with Gasteiger partial charge >= 0.3 is 0 Å². The largest absolute Gasteiger partial charge is 0.324 e. The lowest BCUT2D eigenvalue weighted by atomic mass is 10.0. The topological polar surface area (TPSA) is 110 Å². The molecule has 8 nitrogen and oxygen atoms in total. The lowest BCUT2D eigenvalue weighted by molar-refractivity contribution is -0.384. The molecule has 0 saturated carbocycles. The number of nitrogens with one attached hydrogen (secondary N) is 1. The van der Waals surface area contributed by atoms with Crippen molar-refractivity contribution < 1.29 is 18.1 Å². The molecule has 0 heterocycles. The number of rotatable bonds is 8. The second-order valence-corrected chi connectivity index (χ2v) is 8.85. The van der Waals surface area contributed by atoms with E-state index in [2.05, 4.69) is 5.32 Å². The lowest BCUT2D eigenvalue weighted by Gasteiger charge is -2.30. The normalized spacial score (nSPS) is 12.4. The van der Waals surface area contributed by atoms with Crippen LogP contribution in [0.1, 0.15) is 38.7 Å².